The van der Waals surface area contributed by atoms with Crippen LogP contribution in [0.3, 0.4) is 0 Å². The van der Waals surface area contributed by atoms with Gasteiger partial charge in [0.1, 0.15) is 5.82 Å². The average molecular weight is 266 g/mol. The minimum atomic E-state index is 0.572. The molecule has 0 unspecified atom stereocenters. The first-order chi connectivity index (χ1) is 7.08. The van der Waals surface area contributed by atoms with Gasteiger partial charge in [-0.2, -0.15) is 5.10 Å². The number of hydrogen-bond donors (Lipinski definition) is 1. The summed E-state index contributed by atoms with van der Waals surface area (Å²) in [5, 5.41) is 4.24. The number of aryl methyl sites for hydroxylation is 2. The van der Waals surface area contributed by atoms with Gasteiger partial charge < -0.3 is 5.73 Å². The number of nitrogen functional groups attached to an aromatic ring is 1. The second kappa shape index (κ2) is 3.70. The maximum absolute atomic E-state index is 5.71. The summed E-state index contributed by atoms with van der Waals surface area (Å²) in [6, 6.07) is 6.13. The zero-order valence-corrected chi connectivity index (χ0v) is 10.2. The van der Waals surface area contributed by atoms with Gasteiger partial charge in [-0.3, -0.25) is 0 Å². The number of nitrogens with two attached hydrogens (primary N) is 1. The van der Waals surface area contributed by atoms with Crippen LogP contribution in [0.1, 0.15) is 11.1 Å². The predicted octanol–water partition coefficient (Wildman–Crippen LogP) is 2.83. The third-order valence-electron chi connectivity index (χ3n) is 2.29. The van der Waals surface area contributed by atoms with Gasteiger partial charge in [0.05, 0.1) is 5.69 Å². The average Bonchev–Trinajstić information content (AvgIpc) is 2.46. The van der Waals surface area contributed by atoms with E-state index in [2.05, 4.69) is 34.0 Å². The second-order valence-corrected chi connectivity index (χ2v) is 4.45. The molecule has 0 radical (unpaired) electrons. The van der Waals surface area contributed by atoms with E-state index in [1.54, 1.807) is 4.68 Å². The normalized spacial score (nSPS) is 10.6. The lowest BCUT2D eigenvalue weighted by Crippen LogP contribution is -1.97. The molecule has 15 heavy (non-hydrogen) atoms. The Morgan fingerprint density at radius 2 is 2.07 bits per heavy atom. The van der Waals surface area contributed by atoms with Crippen molar-refractivity contribution in [2.75, 3.05) is 5.73 Å². The quantitative estimate of drug-likeness (QED) is 0.862. The molecule has 0 aliphatic carbocycles. The number of rotatable bonds is 1. The van der Waals surface area contributed by atoms with Crippen molar-refractivity contribution in [1.82, 2.24) is 9.78 Å². The Labute approximate surface area is 97.0 Å². The molecular formula is C11H12BrN3. The van der Waals surface area contributed by atoms with Crippen molar-refractivity contribution in [2.24, 2.45) is 0 Å². The van der Waals surface area contributed by atoms with Crippen molar-refractivity contribution in [3.63, 3.8) is 0 Å². The van der Waals surface area contributed by atoms with Crippen LogP contribution >= 0.6 is 15.9 Å². The summed E-state index contributed by atoms with van der Waals surface area (Å²) >= 11 is 3.52. The van der Waals surface area contributed by atoms with E-state index >= 15 is 0 Å². The largest absolute Gasteiger partial charge is 0.382 e. The van der Waals surface area contributed by atoms with Crippen LogP contribution < -0.4 is 5.73 Å². The lowest BCUT2D eigenvalue weighted by molar-refractivity contribution is 0.880. The fourth-order valence-electron chi connectivity index (χ4n) is 1.39. The summed E-state index contributed by atoms with van der Waals surface area (Å²) in [6.07, 6.45) is 1.92. The third-order valence-corrected chi connectivity index (χ3v) is 2.92. The smallest absolute Gasteiger partial charge is 0.148 e. The van der Waals surface area contributed by atoms with Crippen LogP contribution in [0.4, 0.5) is 5.82 Å². The molecule has 0 aliphatic rings. The molecule has 0 atom stereocenters. The molecule has 0 saturated carbocycles. The molecule has 78 valence electrons. The standard InChI is InChI=1S/C11H12BrN3/c1-7-3-4-10(9(12)5-7)15-6-8(2)11(13)14-15/h3-6H,1-2H3,(H2,13,14). The molecule has 0 fully saturated rings. The molecule has 0 aliphatic heterocycles. The van der Waals surface area contributed by atoms with Crippen molar-refractivity contribution < 1.29 is 0 Å². The van der Waals surface area contributed by atoms with Crippen molar-refractivity contribution in [3.8, 4) is 5.69 Å². The van der Waals surface area contributed by atoms with E-state index in [4.69, 9.17) is 5.73 Å². The number of hydrogen-bond acceptors (Lipinski definition) is 2. The van der Waals surface area contributed by atoms with E-state index in [0.717, 1.165) is 15.7 Å². The van der Waals surface area contributed by atoms with Crippen molar-refractivity contribution in [2.45, 2.75) is 13.8 Å². The molecule has 2 N–H and O–H groups in total. The highest BCUT2D eigenvalue weighted by molar-refractivity contribution is 9.10. The van der Waals surface area contributed by atoms with Crippen LogP contribution in [-0.4, -0.2) is 9.78 Å². The zero-order chi connectivity index (χ0) is 11.0. The zero-order valence-electron chi connectivity index (χ0n) is 8.66. The Morgan fingerprint density at radius 1 is 1.33 bits per heavy atom. The Morgan fingerprint density at radius 3 is 2.60 bits per heavy atom. The van der Waals surface area contributed by atoms with Crippen LogP contribution in [0.15, 0.2) is 28.9 Å². The number of benzene rings is 1. The Hall–Kier alpha value is -1.29. The summed E-state index contributed by atoms with van der Waals surface area (Å²) in [7, 11) is 0. The highest BCUT2D eigenvalue weighted by atomic mass is 79.9. The second-order valence-electron chi connectivity index (χ2n) is 3.60. The topological polar surface area (TPSA) is 43.8 Å². The Bertz CT molecular complexity index is 483. The number of aromatic nitrogens is 2. The minimum absolute atomic E-state index is 0.572. The first-order valence-corrected chi connectivity index (χ1v) is 5.45. The van der Waals surface area contributed by atoms with E-state index in [0.29, 0.717) is 5.82 Å². The van der Waals surface area contributed by atoms with Crippen LogP contribution in [0, 0.1) is 13.8 Å². The van der Waals surface area contributed by atoms with Gasteiger partial charge in [0, 0.05) is 16.2 Å². The highest BCUT2D eigenvalue weighted by Gasteiger charge is 2.06. The predicted molar refractivity (Wildman–Crippen MR) is 65.2 cm³/mol. The van der Waals surface area contributed by atoms with Gasteiger partial charge in [-0.15, -0.1) is 0 Å². The molecule has 0 amide bonds. The first-order valence-electron chi connectivity index (χ1n) is 4.66. The van der Waals surface area contributed by atoms with Crippen molar-refractivity contribution >= 4 is 21.7 Å². The van der Waals surface area contributed by atoms with Crippen LogP contribution in [0.25, 0.3) is 5.69 Å². The van der Waals surface area contributed by atoms with E-state index in [1.165, 1.54) is 5.56 Å². The van der Waals surface area contributed by atoms with Crippen LogP contribution in [-0.2, 0) is 0 Å². The maximum atomic E-state index is 5.71. The van der Waals surface area contributed by atoms with E-state index in [-0.39, 0.29) is 0 Å². The van der Waals surface area contributed by atoms with Crippen molar-refractivity contribution in [3.05, 3.63) is 40.0 Å². The minimum Gasteiger partial charge on any atom is -0.382 e. The van der Waals surface area contributed by atoms with Crippen molar-refractivity contribution in [1.29, 1.82) is 0 Å². The van der Waals surface area contributed by atoms with Crippen LogP contribution in [0.2, 0.25) is 0 Å². The summed E-state index contributed by atoms with van der Waals surface area (Å²) in [5.41, 5.74) is 8.91. The summed E-state index contributed by atoms with van der Waals surface area (Å²) in [4.78, 5) is 0. The molecule has 3 nitrogen and oxygen atoms in total. The summed E-state index contributed by atoms with van der Waals surface area (Å²) < 4.78 is 2.80. The van der Waals surface area contributed by atoms with Gasteiger partial charge in [-0.25, -0.2) is 4.68 Å². The van der Waals surface area contributed by atoms with Gasteiger partial charge in [0.15, 0.2) is 0 Å². The summed E-state index contributed by atoms with van der Waals surface area (Å²) in [6.45, 7) is 4.00. The fraction of sp³-hybridized carbons (Fsp3) is 0.182. The molecule has 1 aromatic carbocycles. The SMILES string of the molecule is Cc1ccc(-n2cc(C)c(N)n2)c(Br)c1. The highest BCUT2D eigenvalue weighted by Crippen LogP contribution is 2.23. The third kappa shape index (κ3) is 1.90. The molecule has 2 rings (SSSR count). The van der Waals surface area contributed by atoms with Gasteiger partial charge in [-0.05, 0) is 47.5 Å². The maximum Gasteiger partial charge on any atom is 0.148 e. The van der Waals surface area contributed by atoms with E-state index in [1.807, 2.05) is 25.3 Å². The fourth-order valence-corrected chi connectivity index (χ4v) is 2.07. The monoisotopic (exact) mass is 265 g/mol. The van der Waals surface area contributed by atoms with Gasteiger partial charge in [-0.1, -0.05) is 6.07 Å². The number of nitrogens with zero attached hydrogens (tertiary/aromatic N) is 2. The molecule has 4 heteroatoms. The Kier molecular flexibility index (Phi) is 2.52. The van der Waals surface area contributed by atoms with Gasteiger partial charge in [0.2, 0.25) is 0 Å². The molecule has 1 heterocycles. The summed E-state index contributed by atoms with van der Waals surface area (Å²) in [5.74, 6) is 0.572. The lowest BCUT2D eigenvalue weighted by atomic mass is 10.2. The molecule has 1 aromatic heterocycles. The van der Waals surface area contributed by atoms with Gasteiger partial charge >= 0.3 is 0 Å². The Balaban J connectivity index is 2.54. The number of halogens is 1. The first kappa shape index (κ1) is 10.2. The lowest BCUT2D eigenvalue weighted by Gasteiger charge is -2.04. The van der Waals surface area contributed by atoms with Crippen LogP contribution in [0.5, 0.6) is 0 Å². The van der Waals surface area contributed by atoms with E-state index < -0.39 is 0 Å². The molecular weight excluding hydrogens is 254 g/mol. The molecule has 0 saturated heterocycles. The van der Waals surface area contributed by atoms with E-state index in [9.17, 15) is 0 Å². The number of anilines is 1. The van der Waals surface area contributed by atoms with Gasteiger partial charge in [0.25, 0.3) is 0 Å². The molecule has 2 aromatic rings. The molecule has 0 spiro atoms. The molecule has 0 bridgehead atoms.